The van der Waals surface area contributed by atoms with Crippen LogP contribution in [0.25, 0.3) is 0 Å². The van der Waals surface area contributed by atoms with Crippen molar-refractivity contribution >= 4 is 15.9 Å². The molecule has 150 valence electrons. The molecule has 2 aliphatic rings. The van der Waals surface area contributed by atoms with Gasteiger partial charge in [-0.3, -0.25) is 9.59 Å². The van der Waals surface area contributed by atoms with Crippen LogP contribution in [0.15, 0.2) is 28.0 Å². The van der Waals surface area contributed by atoms with Gasteiger partial charge in [0.05, 0.1) is 0 Å². The highest BCUT2D eigenvalue weighted by atomic mass is 32.2. The van der Waals surface area contributed by atoms with Gasteiger partial charge in [0.15, 0.2) is 0 Å². The van der Waals surface area contributed by atoms with Crippen LogP contribution < -0.4 is 10.9 Å². The number of hydrogen-bond acceptors (Lipinski definition) is 4. The molecule has 1 aromatic rings. The van der Waals surface area contributed by atoms with E-state index in [1.54, 1.807) is 0 Å². The number of aromatic nitrogens is 1. The molecule has 0 unspecified atom stereocenters. The summed E-state index contributed by atoms with van der Waals surface area (Å²) in [6.45, 7) is 0.733. The van der Waals surface area contributed by atoms with Crippen LogP contribution in [-0.4, -0.2) is 42.3 Å². The second-order valence-corrected chi connectivity index (χ2v) is 9.43. The van der Waals surface area contributed by atoms with Crippen LogP contribution >= 0.6 is 0 Å². The van der Waals surface area contributed by atoms with Gasteiger partial charge >= 0.3 is 0 Å². The van der Waals surface area contributed by atoms with Gasteiger partial charge in [0.1, 0.15) is 11.4 Å². The van der Waals surface area contributed by atoms with Gasteiger partial charge in [-0.2, -0.15) is 4.31 Å². The van der Waals surface area contributed by atoms with Gasteiger partial charge in [-0.1, -0.05) is 32.1 Å². The first kappa shape index (κ1) is 20.1. The number of pyridine rings is 1. The highest BCUT2D eigenvalue weighted by molar-refractivity contribution is 7.89. The average molecular weight is 396 g/mol. The number of rotatable bonds is 5. The first-order chi connectivity index (χ1) is 13.0. The Labute approximate surface area is 160 Å². The molecule has 1 amide bonds. The van der Waals surface area contributed by atoms with Crippen molar-refractivity contribution in [2.45, 2.75) is 75.3 Å². The number of nitrogens with zero attached hydrogens (tertiary/aromatic N) is 2. The van der Waals surface area contributed by atoms with E-state index in [4.69, 9.17) is 0 Å². The lowest BCUT2D eigenvalue weighted by molar-refractivity contribution is -0.122. The molecule has 0 bridgehead atoms. The lowest BCUT2D eigenvalue weighted by Gasteiger charge is -2.23. The fraction of sp³-hybridized carbons (Fsp3) is 0.684. The van der Waals surface area contributed by atoms with Crippen molar-refractivity contribution in [2.75, 3.05) is 13.1 Å². The molecule has 8 heteroatoms. The second kappa shape index (κ2) is 9.01. The minimum Gasteiger partial charge on any atom is -0.352 e. The summed E-state index contributed by atoms with van der Waals surface area (Å²) in [7, 11) is -3.83. The molecule has 1 saturated carbocycles. The van der Waals surface area contributed by atoms with Crippen molar-refractivity contribution in [3.63, 3.8) is 0 Å². The Bertz CT molecular complexity index is 804. The zero-order valence-electron chi connectivity index (χ0n) is 15.7. The van der Waals surface area contributed by atoms with Crippen LogP contribution in [0.3, 0.4) is 0 Å². The second-order valence-electron chi connectivity index (χ2n) is 7.53. The van der Waals surface area contributed by atoms with E-state index in [2.05, 4.69) is 5.32 Å². The predicted octanol–water partition coefficient (Wildman–Crippen LogP) is 1.86. The summed E-state index contributed by atoms with van der Waals surface area (Å²) in [6, 6.07) is 3.03. The van der Waals surface area contributed by atoms with E-state index in [1.165, 1.54) is 33.6 Å². The van der Waals surface area contributed by atoms with Gasteiger partial charge in [-0.15, -0.1) is 0 Å². The third-order valence-electron chi connectivity index (χ3n) is 5.45. The van der Waals surface area contributed by atoms with E-state index >= 15 is 0 Å². The molecule has 0 atom stereocenters. The Morgan fingerprint density at radius 3 is 2.33 bits per heavy atom. The number of hydrogen-bond donors (Lipinski definition) is 1. The fourth-order valence-electron chi connectivity index (χ4n) is 3.93. The third-order valence-corrected chi connectivity index (χ3v) is 7.36. The standard InChI is InChI=1S/C19H29N3O4S/c23-18(20-16-9-4-3-5-10-16)15-21-12-8-11-17(19(21)24)27(25,26)22-13-6-1-2-7-14-22/h8,11-12,16H,1-7,9-10,13-15H2,(H,20,23). The number of nitrogens with one attached hydrogen (secondary N) is 1. The van der Waals surface area contributed by atoms with Crippen molar-refractivity contribution in [3.8, 4) is 0 Å². The lowest BCUT2D eigenvalue weighted by Crippen LogP contribution is -2.41. The van der Waals surface area contributed by atoms with Crippen LogP contribution in [0.2, 0.25) is 0 Å². The minimum absolute atomic E-state index is 0.154. The average Bonchev–Trinajstić information content (AvgIpc) is 2.94. The predicted molar refractivity (Wildman–Crippen MR) is 103 cm³/mol. The van der Waals surface area contributed by atoms with Gasteiger partial charge in [0.2, 0.25) is 15.9 Å². The van der Waals surface area contributed by atoms with E-state index in [-0.39, 0.29) is 23.4 Å². The maximum atomic E-state index is 12.9. The summed E-state index contributed by atoms with van der Waals surface area (Å²) < 4.78 is 28.5. The first-order valence-electron chi connectivity index (χ1n) is 9.97. The molecule has 3 rings (SSSR count). The Kier molecular flexibility index (Phi) is 6.70. The molecular weight excluding hydrogens is 366 g/mol. The van der Waals surface area contributed by atoms with E-state index < -0.39 is 15.6 Å². The highest BCUT2D eigenvalue weighted by Gasteiger charge is 2.28. The van der Waals surface area contributed by atoms with Gasteiger partial charge in [0.25, 0.3) is 5.56 Å². The quantitative estimate of drug-likeness (QED) is 0.824. The molecule has 1 N–H and O–H groups in total. The first-order valence-corrected chi connectivity index (χ1v) is 11.4. The fourth-order valence-corrected chi connectivity index (χ4v) is 5.54. The summed E-state index contributed by atoms with van der Waals surface area (Å²) >= 11 is 0. The summed E-state index contributed by atoms with van der Waals surface area (Å²) in [5.74, 6) is -0.242. The molecule has 1 aliphatic heterocycles. The van der Waals surface area contributed by atoms with E-state index in [1.807, 2.05) is 0 Å². The Balaban J connectivity index is 1.74. The third kappa shape index (κ3) is 4.99. The van der Waals surface area contributed by atoms with Crippen LogP contribution in [0.5, 0.6) is 0 Å². The van der Waals surface area contributed by atoms with Gasteiger partial charge in [-0.25, -0.2) is 8.42 Å². The monoisotopic (exact) mass is 395 g/mol. The zero-order chi connectivity index (χ0) is 19.3. The largest absolute Gasteiger partial charge is 0.352 e. The number of amides is 1. The van der Waals surface area contributed by atoms with Crippen molar-refractivity contribution in [3.05, 3.63) is 28.7 Å². The summed E-state index contributed by atoms with van der Waals surface area (Å²) in [5.41, 5.74) is -0.624. The van der Waals surface area contributed by atoms with E-state index in [0.717, 1.165) is 51.4 Å². The number of sulfonamides is 1. The van der Waals surface area contributed by atoms with Crippen LogP contribution in [-0.2, 0) is 21.4 Å². The van der Waals surface area contributed by atoms with Crippen molar-refractivity contribution in [1.82, 2.24) is 14.2 Å². The summed E-state index contributed by atoms with van der Waals surface area (Å²) in [6.07, 6.45) is 10.4. The molecule has 0 aromatic carbocycles. The molecule has 0 radical (unpaired) electrons. The molecule has 1 aliphatic carbocycles. The molecule has 2 fully saturated rings. The number of carbonyl (C=O) groups excluding carboxylic acids is 1. The van der Waals surface area contributed by atoms with Crippen LogP contribution in [0.4, 0.5) is 0 Å². The molecule has 0 spiro atoms. The van der Waals surface area contributed by atoms with Crippen molar-refractivity contribution in [2.24, 2.45) is 0 Å². The molecule has 1 saturated heterocycles. The number of carbonyl (C=O) groups is 1. The SMILES string of the molecule is O=C(Cn1cccc(S(=O)(=O)N2CCCCCC2)c1=O)NC1CCCCC1. The van der Waals surface area contributed by atoms with E-state index in [9.17, 15) is 18.0 Å². The van der Waals surface area contributed by atoms with Gasteiger partial charge in [-0.05, 0) is 37.8 Å². The zero-order valence-corrected chi connectivity index (χ0v) is 16.5. The lowest BCUT2D eigenvalue weighted by atomic mass is 9.95. The van der Waals surface area contributed by atoms with Crippen molar-refractivity contribution < 1.29 is 13.2 Å². The Morgan fingerprint density at radius 1 is 1.04 bits per heavy atom. The molecular formula is C19H29N3O4S. The van der Waals surface area contributed by atoms with Crippen LogP contribution in [0, 0.1) is 0 Å². The molecule has 27 heavy (non-hydrogen) atoms. The van der Waals surface area contributed by atoms with Crippen molar-refractivity contribution in [1.29, 1.82) is 0 Å². The van der Waals surface area contributed by atoms with E-state index in [0.29, 0.717) is 13.1 Å². The summed E-state index contributed by atoms with van der Waals surface area (Å²) in [4.78, 5) is 24.8. The van der Waals surface area contributed by atoms with Crippen LogP contribution in [0.1, 0.15) is 57.8 Å². The normalized spacial score (nSPS) is 20.1. The maximum absolute atomic E-state index is 12.9. The maximum Gasteiger partial charge on any atom is 0.271 e. The van der Waals surface area contributed by atoms with Gasteiger partial charge < -0.3 is 9.88 Å². The smallest absolute Gasteiger partial charge is 0.271 e. The minimum atomic E-state index is -3.83. The Morgan fingerprint density at radius 2 is 1.67 bits per heavy atom. The Hall–Kier alpha value is -1.67. The highest BCUT2D eigenvalue weighted by Crippen LogP contribution is 2.18. The van der Waals surface area contributed by atoms with Gasteiger partial charge in [0, 0.05) is 25.3 Å². The topological polar surface area (TPSA) is 88.5 Å². The molecule has 7 nitrogen and oxygen atoms in total. The molecule has 2 heterocycles. The summed E-state index contributed by atoms with van der Waals surface area (Å²) in [5, 5.41) is 2.97. The molecule has 1 aromatic heterocycles.